The van der Waals surface area contributed by atoms with E-state index in [9.17, 15) is 9.59 Å². The smallest absolute Gasteiger partial charge is 0.338 e. The molecular weight excluding hydrogens is 416 g/mol. The van der Waals surface area contributed by atoms with E-state index in [1.165, 1.54) is 0 Å². The number of hydrogen-bond acceptors (Lipinski definition) is 4. The summed E-state index contributed by atoms with van der Waals surface area (Å²) < 4.78 is 11.6. The Morgan fingerprint density at radius 3 is 2.52 bits per heavy atom. The van der Waals surface area contributed by atoms with E-state index >= 15 is 0 Å². The molecule has 164 valence electrons. The summed E-state index contributed by atoms with van der Waals surface area (Å²) in [4.78, 5) is 25.4. The molecule has 0 fully saturated rings. The number of carbonyl (C=O) groups excluding carboxylic acids is 2. The highest BCUT2D eigenvalue weighted by Crippen LogP contribution is 2.35. The van der Waals surface area contributed by atoms with E-state index in [4.69, 9.17) is 21.1 Å². The van der Waals surface area contributed by atoms with Crippen molar-refractivity contribution in [2.45, 2.75) is 52.4 Å². The Bertz CT molecular complexity index is 970. The lowest BCUT2D eigenvalue weighted by Crippen LogP contribution is -2.46. The number of hydrogen-bond donors (Lipinski definition) is 2. The Morgan fingerprint density at radius 2 is 1.84 bits per heavy atom. The predicted octanol–water partition coefficient (Wildman–Crippen LogP) is 5.28. The van der Waals surface area contributed by atoms with Gasteiger partial charge in [-0.25, -0.2) is 9.59 Å². The zero-order valence-electron chi connectivity index (χ0n) is 17.9. The number of benzene rings is 2. The number of ether oxygens (including phenoxy) is 2. The van der Waals surface area contributed by atoms with Crippen LogP contribution in [0.5, 0.6) is 5.75 Å². The summed E-state index contributed by atoms with van der Waals surface area (Å²) in [6.45, 7) is 5.91. The van der Waals surface area contributed by atoms with Gasteiger partial charge in [-0.2, -0.15) is 0 Å². The summed E-state index contributed by atoms with van der Waals surface area (Å²) in [5.74, 6) is 0.124. The van der Waals surface area contributed by atoms with Crippen LogP contribution in [0, 0.1) is 0 Å². The monoisotopic (exact) mass is 442 g/mol. The number of amides is 2. The Labute approximate surface area is 187 Å². The zero-order chi connectivity index (χ0) is 22.4. The van der Waals surface area contributed by atoms with E-state index in [2.05, 4.69) is 10.6 Å². The Balaban J connectivity index is 1.96. The summed E-state index contributed by atoms with van der Waals surface area (Å²) in [7, 11) is 0. The number of para-hydroxylation sites is 1. The van der Waals surface area contributed by atoms with Crippen LogP contribution in [-0.2, 0) is 16.1 Å². The first-order valence-corrected chi connectivity index (χ1v) is 10.7. The lowest BCUT2D eigenvalue weighted by Gasteiger charge is -2.30. The molecule has 1 atom stereocenters. The van der Waals surface area contributed by atoms with Crippen molar-refractivity contribution in [2.75, 3.05) is 0 Å². The highest BCUT2D eigenvalue weighted by Gasteiger charge is 2.35. The fourth-order valence-electron chi connectivity index (χ4n) is 3.41. The molecule has 3 rings (SSSR count). The van der Waals surface area contributed by atoms with Crippen LogP contribution in [-0.4, -0.2) is 18.1 Å². The molecule has 0 aromatic heterocycles. The molecule has 1 unspecified atom stereocenters. The minimum Gasteiger partial charge on any atom is -0.489 e. The van der Waals surface area contributed by atoms with Gasteiger partial charge in [0.05, 0.1) is 17.7 Å². The molecule has 0 saturated carbocycles. The van der Waals surface area contributed by atoms with Crippen molar-refractivity contribution < 1.29 is 19.1 Å². The van der Waals surface area contributed by atoms with Crippen molar-refractivity contribution in [3.05, 3.63) is 76.0 Å². The fourth-order valence-corrected chi connectivity index (χ4v) is 3.54. The minimum absolute atomic E-state index is 0.280. The lowest BCUT2D eigenvalue weighted by atomic mass is 9.93. The Hall–Kier alpha value is -2.99. The normalized spacial score (nSPS) is 16.0. The highest BCUT2D eigenvalue weighted by atomic mass is 35.5. The van der Waals surface area contributed by atoms with E-state index < -0.39 is 12.0 Å². The lowest BCUT2D eigenvalue weighted by molar-refractivity contribution is -0.143. The van der Waals surface area contributed by atoms with Gasteiger partial charge in [0.2, 0.25) is 0 Å². The van der Waals surface area contributed by atoms with Crippen LogP contribution in [0.3, 0.4) is 0 Å². The van der Waals surface area contributed by atoms with Crippen molar-refractivity contribution in [3.8, 4) is 5.75 Å². The molecule has 31 heavy (non-hydrogen) atoms. The molecule has 2 amide bonds. The third-order valence-corrected chi connectivity index (χ3v) is 5.01. The third kappa shape index (κ3) is 5.79. The topological polar surface area (TPSA) is 76.7 Å². The molecule has 0 aliphatic carbocycles. The summed E-state index contributed by atoms with van der Waals surface area (Å²) in [6, 6.07) is 13.7. The zero-order valence-corrected chi connectivity index (χ0v) is 18.7. The molecular formula is C24H27ClN2O4. The molecule has 1 heterocycles. The van der Waals surface area contributed by atoms with E-state index in [0.717, 1.165) is 12.0 Å². The molecule has 1 aliphatic rings. The van der Waals surface area contributed by atoms with E-state index in [-0.39, 0.29) is 12.1 Å². The molecule has 2 aromatic carbocycles. The second kappa shape index (κ2) is 10.4. The molecule has 0 radical (unpaired) electrons. The second-order valence-electron chi connectivity index (χ2n) is 7.58. The largest absolute Gasteiger partial charge is 0.489 e. The van der Waals surface area contributed by atoms with Gasteiger partial charge in [0.15, 0.2) is 0 Å². The first-order chi connectivity index (χ1) is 14.9. The number of halogens is 1. The summed E-state index contributed by atoms with van der Waals surface area (Å²) in [5, 5.41) is 6.30. The number of allylic oxidation sites excluding steroid dienone is 1. The van der Waals surface area contributed by atoms with Gasteiger partial charge in [0.25, 0.3) is 0 Å². The van der Waals surface area contributed by atoms with Crippen molar-refractivity contribution >= 4 is 23.6 Å². The summed E-state index contributed by atoms with van der Waals surface area (Å²) in [6.07, 6.45) is 1.05. The quantitative estimate of drug-likeness (QED) is 0.545. The van der Waals surface area contributed by atoms with Gasteiger partial charge < -0.3 is 20.1 Å². The second-order valence-corrected chi connectivity index (χ2v) is 8.02. The summed E-state index contributed by atoms with van der Waals surface area (Å²) >= 11 is 5.95. The molecule has 0 bridgehead atoms. The van der Waals surface area contributed by atoms with Gasteiger partial charge in [-0.15, -0.1) is 0 Å². The number of esters is 1. The van der Waals surface area contributed by atoms with Gasteiger partial charge >= 0.3 is 12.0 Å². The average Bonchev–Trinajstić information content (AvgIpc) is 2.73. The van der Waals surface area contributed by atoms with E-state index in [1.807, 2.05) is 43.3 Å². The number of nitrogens with one attached hydrogen (secondary N) is 2. The van der Waals surface area contributed by atoms with Crippen LogP contribution < -0.4 is 15.4 Å². The maximum atomic E-state index is 13.0. The van der Waals surface area contributed by atoms with Crippen LogP contribution in [0.1, 0.15) is 50.8 Å². The van der Waals surface area contributed by atoms with Gasteiger partial charge in [-0.3, -0.25) is 0 Å². The van der Waals surface area contributed by atoms with Gasteiger partial charge in [-0.1, -0.05) is 55.3 Å². The third-order valence-electron chi connectivity index (χ3n) is 4.75. The molecule has 0 spiro atoms. The van der Waals surface area contributed by atoms with Crippen molar-refractivity contribution in [3.63, 3.8) is 0 Å². The molecule has 0 saturated heterocycles. The SMILES string of the molecule is CCCC1=C(C(=O)OC(C)C)C(c2ccccc2OCc2ccc(Cl)cc2)NC(=O)N1. The number of rotatable bonds is 8. The Morgan fingerprint density at radius 1 is 1.13 bits per heavy atom. The van der Waals surface area contributed by atoms with Crippen LogP contribution in [0.2, 0.25) is 5.02 Å². The van der Waals surface area contributed by atoms with Gasteiger partial charge in [0, 0.05) is 16.3 Å². The van der Waals surface area contributed by atoms with E-state index in [1.54, 1.807) is 26.0 Å². The Kier molecular flexibility index (Phi) is 7.58. The number of urea groups is 1. The molecule has 2 N–H and O–H groups in total. The molecule has 2 aromatic rings. The van der Waals surface area contributed by atoms with Crippen LogP contribution in [0.4, 0.5) is 4.79 Å². The maximum Gasteiger partial charge on any atom is 0.338 e. The highest BCUT2D eigenvalue weighted by molar-refractivity contribution is 6.30. The number of carbonyl (C=O) groups is 2. The van der Waals surface area contributed by atoms with Crippen LogP contribution in [0.25, 0.3) is 0 Å². The van der Waals surface area contributed by atoms with E-state index in [0.29, 0.717) is 40.6 Å². The molecule has 6 nitrogen and oxygen atoms in total. The van der Waals surface area contributed by atoms with Gasteiger partial charge in [0.1, 0.15) is 12.4 Å². The maximum absolute atomic E-state index is 13.0. The summed E-state index contributed by atoms with van der Waals surface area (Å²) in [5.41, 5.74) is 2.62. The average molecular weight is 443 g/mol. The van der Waals surface area contributed by atoms with Crippen LogP contribution in [0.15, 0.2) is 59.8 Å². The van der Waals surface area contributed by atoms with Crippen LogP contribution >= 0.6 is 11.6 Å². The van der Waals surface area contributed by atoms with Crippen molar-refractivity contribution in [1.82, 2.24) is 10.6 Å². The molecule has 7 heteroatoms. The predicted molar refractivity (Wildman–Crippen MR) is 120 cm³/mol. The van der Waals surface area contributed by atoms with Crippen molar-refractivity contribution in [1.29, 1.82) is 0 Å². The first kappa shape index (κ1) is 22.7. The standard InChI is InChI=1S/C24H27ClN2O4/c1-4-7-19-21(23(28)31-15(2)3)22(27-24(29)26-19)18-8-5-6-9-20(18)30-14-16-10-12-17(25)13-11-16/h5-6,8-13,15,22H,4,7,14H2,1-3H3,(H2,26,27,29). The molecule has 1 aliphatic heterocycles. The fraction of sp³-hybridized carbons (Fsp3) is 0.333. The van der Waals surface area contributed by atoms with Crippen molar-refractivity contribution in [2.24, 2.45) is 0 Å². The minimum atomic E-state index is -0.678. The first-order valence-electron chi connectivity index (χ1n) is 10.4. The van der Waals surface area contributed by atoms with Gasteiger partial charge in [-0.05, 0) is 44.0 Å².